The Kier molecular flexibility index (Phi) is 32.6. The number of aromatic amines is 2. The minimum Gasteiger partial charge on any atom is -0.748 e. The fourth-order valence-corrected chi connectivity index (χ4v) is 25.5. The normalized spacial score (nSPS) is 21.7. The van der Waals surface area contributed by atoms with Crippen LogP contribution >= 0.6 is 46.9 Å². The van der Waals surface area contributed by atoms with Crippen LogP contribution in [0.25, 0.3) is 33.5 Å². The molecule has 60 nitrogen and oxygen atoms in total. The molecule has 0 saturated carbocycles. The average Bonchev–Trinajstić information content (AvgIpc) is 1.00. The number of benzene rings is 4. The maximum Gasteiger partial charge on any atom is 0.490 e. The minimum absolute atomic E-state index is 0.00356. The van der Waals surface area contributed by atoms with Crippen molar-refractivity contribution in [2.24, 2.45) is 9.98 Å². The molecule has 4 unspecified atom stereocenters. The van der Waals surface area contributed by atoms with Crippen molar-refractivity contribution in [2.45, 2.75) is 153 Å². The number of aliphatic hydroxyl groups is 2. The summed E-state index contributed by atoms with van der Waals surface area (Å²) in [4.78, 5) is 186. The maximum absolute atomic E-state index is 13.1. The SMILES string of the molecule is CC[N+]1=c2cc3c(cc2CCC1)=Nc1cc2c(cc1O3)N(CCCC(=O)NCCNC(=O)O[C@@H]1[C@H](O)[C@@H](COP(=O)(O)OP(=O)(O)OP(=O)(O)O)O[C@H]1n1cnc3c(=O)[nH]c(N)nc31)C(C)(C)C=C2CS(=O)(=O)[O-].CC[N+]1=c2cc3c(cc2CCC1)=Nc1cc2c(cc1O3)N(CCCC(=O)NCCNC(=O)O[C@H]1[C@@H](O)[C@H](n3cnc4c(=O)[nH]c(N)nc43)O[C@@H]1COP(=O)(O)OP(=O)(O)OP(=O)(O)O)C(C)(C)C=C2CS(=O)(=O)[O-]. The van der Waals surface area contributed by atoms with Crippen LogP contribution in [0.1, 0.15) is 115 Å². The van der Waals surface area contributed by atoms with E-state index in [1.54, 1.807) is 36.4 Å². The Labute approximate surface area is 836 Å². The standard InChI is InChI=1S/2C40H51N10O20P3S/c1-4-48-11-5-7-21-13-24-28(15-26(21)48)66-29-16-27-23(14-25(29)45-24)22(19-74(62,63)64)17-40(2,3)50(27)12-6-8-31(51)42-9-10-43-39(54)68-34-30(18-65-72(58,59)70-73(60,61)69-71(55,56)57)67-37(33(34)52)49-20-44-32-35(49)46-38(41)47-36(32)53;1-4-48-11-5-7-21-13-24-28(15-26(21)48)66-29-16-27-23(14-25(29)45-24)22(19-74(62,63)64)17-40(2,3)50(27)12-6-8-31(51)42-9-10-43-39(54)68-34-33(52)30(18-65-72(58,59)70-73(60,61)69-71(55,56)57)67-37(34)49-20-44-32-35(49)46-38(41)47-36(32)53/h2*13-17,20,30,33-34,37,52H,4-12,18-19H2,1-3H3,(H9-,41,42,43,46,47,51,53,54,55,56,57,58,59,60,61,62,63,64)/t2*30-,33-,34-,37-/m11/s1. The number of aromatic nitrogens is 8. The van der Waals surface area contributed by atoms with Crippen LogP contribution in [0.2, 0.25) is 0 Å². The number of fused-ring (bicyclic) bond motifs is 10. The van der Waals surface area contributed by atoms with Gasteiger partial charge in [0.1, 0.15) is 72.7 Å². The molecule has 8 aliphatic heterocycles. The number of hydrogen-bond acceptors (Lipinski definition) is 42. The summed E-state index contributed by atoms with van der Waals surface area (Å²) in [5.41, 5.74) is 13.1. The lowest BCUT2D eigenvalue weighted by Crippen LogP contribution is -2.46. The molecule has 0 radical (unpaired) electrons. The molecule has 8 aromatic rings. The van der Waals surface area contributed by atoms with Crippen molar-refractivity contribution >= 4 is 159 Å². The number of carbonyl (C=O) groups is 4. The van der Waals surface area contributed by atoms with E-state index in [9.17, 15) is 112 Å². The fraction of sp³-hybridized carbons (Fsp3) is 0.475. The van der Waals surface area contributed by atoms with E-state index in [4.69, 9.17) is 69.4 Å². The summed E-state index contributed by atoms with van der Waals surface area (Å²) >= 11 is 0. The van der Waals surface area contributed by atoms with Crippen LogP contribution in [0.5, 0.6) is 23.0 Å². The van der Waals surface area contributed by atoms with Gasteiger partial charge in [0.05, 0.1) is 80.8 Å². The zero-order chi connectivity index (χ0) is 107. The number of rotatable bonds is 38. The van der Waals surface area contributed by atoms with Gasteiger partial charge in [0, 0.05) is 111 Å². The van der Waals surface area contributed by atoms with Crippen molar-refractivity contribution in [2.75, 3.05) is 111 Å². The predicted molar refractivity (Wildman–Crippen MR) is 510 cm³/mol. The first-order valence-electron chi connectivity index (χ1n) is 45.1. The van der Waals surface area contributed by atoms with Crippen LogP contribution in [0, 0.1) is 0 Å². The van der Waals surface area contributed by atoms with E-state index in [-0.39, 0.29) is 99.2 Å². The first kappa shape index (κ1) is 111. The number of aliphatic hydroxyl groups excluding tert-OH is 2. The van der Waals surface area contributed by atoms with Crippen LogP contribution < -0.4 is 93.7 Å². The molecule has 804 valence electrons. The quantitative estimate of drug-likeness (QED) is 0.0105. The molecule has 4 aromatic heterocycles. The van der Waals surface area contributed by atoms with Crippen molar-refractivity contribution in [3.05, 3.63) is 138 Å². The summed E-state index contributed by atoms with van der Waals surface area (Å²) < 4.78 is 210. The molecule has 20 N–H and O–H groups in total. The van der Waals surface area contributed by atoms with E-state index in [1.807, 2.05) is 61.8 Å². The van der Waals surface area contributed by atoms with Gasteiger partial charge in [-0.05, 0) is 103 Å². The number of hydrogen-bond donors (Lipinski definition) is 18. The number of phosphoric acid groups is 6. The summed E-state index contributed by atoms with van der Waals surface area (Å²) in [6.07, 6.45) is -6.75. The third kappa shape index (κ3) is 26.8. The van der Waals surface area contributed by atoms with Crippen LogP contribution in [0.4, 0.5) is 44.2 Å². The van der Waals surface area contributed by atoms with Gasteiger partial charge >= 0.3 is 59.1 Å². The lowest BCUT2D eigenvalue weighted by Gasteiger charge is -2.44. The van der Waals surface area contributed by atoms with E-state index in [0.29, 0.717) is 78.7 Å². The predicted octanol–water partition coefficient (Wildman–Crippen LogP) is 0.0724. The number of aryl methyl sites for hydroxylation is 2. The number of amides is 4. The van der Waals surface area contributed by atoms with Crippen molar-refractivity contribution in [1.82, 2.24) is 69.5 Å². The van der Waals surface area contributed by atoms with Gasteiger partial charge in [0.2, 0.25) is 34.4 Å². The number of phosphoric ester groups is 2. The highest BCUT2D eigenvalue weighted by molar-refractivity contribution is 7.86. The minimum atomic E-state index is -5.93. The summed E-state index contributed by atoms with van der Waals surface area (Å²) in [5.74, 6) is -1.10. The smallest absolute Gasteiger partial charge is 0.490 e. The van der Waals surface area contributed by atoms with Gasteiger partial charge in [-0.3, -0.25) is 47.3 Å². The number of nitrogens with zero attached hydrogens (tertiary/aromatic N) is 12. The van der Waals surface area contributed by atoms with Crippen molar-refractivity contribution < 1.29 is 177 Å². The second-order valence-electron chi connectivity index (χ2n) is 35.7. The van der Waals surface area contributed by atoms with Gasteiger partial charge < -0.3 is 129 Å². The lowest BCUT2D eigenvalue weighted by molar-refractivity contribution is -0.121. The number of ether oxygens (including phenoxy) is 6. The lowest BCUT2D eigenvalue weighted by atomic mass is 9.88. The number of nitrogens with one attached hydrogen (secondary N) is 6. The van der Waals surface area contributed by atoms with E-state index >= 15 is 0 Å². The molecular weight excluding hydrogens is 2130 g/mol. The van der Waals surface area contributed by atoms with Gasteiger partial charge in [-0.1, -0.05) is 12.2 Å². The van der Waals surface area contributed by atoms with Gasteiger partial charge in [-0.25, -0.2) is 82.9 Å². The highest BCUT2D eigenvalue weighted by Gasteiger charge is 2.53. The summed E-state index contributed by atoms with van der Waals surface area (Å²) in [5, 5.41) is 36.1. The Balaban J connectivity index is 0.000000222. The molecule has 0 spiro atoms. The molecule has 2 fully saturated rings. The largest absolute Gasteiger partial charge is 0.748 e. The van der Waals surface area contributed by atoms with Crippen molar-refractivity contribution in [3.63, 3.8) is 0 Å². The molecule has 4 aromatic carbocycles. The number of imidazole rings is 2. The van der Waals surface area contributed by atoms with Crippen molar-refractivity contribution in [1.29, 1.82) is 0 Å². The fourth-order valence-electron chi connectivity index (χ4n) is 18.2. The van der Waals surface area contributed by atoms with Crippen LogP contribution in [0.3, 0.4) is 0 Å². The average molecular weight is 2230 g/mol. The molecular formula is C80H102N20O40P6S2. The molecule has 4 amide bonds. The first-order valence-corrected chi connectivity index (χ1v) is 57.3. The molecule has 16 rings (SSSR count). The third-order valence-corrected chi connectivity index (χ3v) is 33.1. The number of H-pyrrole nitrogens is 2. The topological polar surface area (TPSA) is 863 Å². The van der Waals surface area contributed by atoms with E-state index in [0.717, 1.165) is 95.5 Å². The van der Waals surface area contributed by atoms with Gasteiger partial charge in [0.25, 0.3) is 11.1 Å². The Bertz CT molecular complexity index is 7690. The van der Waals surface area contributed by atoms with E-state index < -0.39 is 187 Å². The number of nitrogen functional groups attached to an aromatic ring is 2. The Morgan fingerprint density at radius 2 is 0.932 bits per heavy atom. The second-order valence-corrected chi connectivity index (χ2v) is 47.3. The molecule has 12 atom stereocenters. The van der Waals surface area contributed by atoms with Gasteiger partial charge in [-0.15, -0.1) is 0 Å². The number of carbonyl (C=O) groups excluding carboxylic acids is 4. The Morgan fingerprint density at radius 1 is 0.534 bits per heavy atom. The van der Waals surface area contributed by atoms with Crippen LogP contribution in [-0.2, 0) is 115 Å². The monoisotopic (exact) mass is 2230 g/mol. The van der Waals surface area contributed by atoms with Crippen LogP contribution in [0.15, 0.2) is 92.9 Å². The molecule has 0 aliphatic carbocycles. The number of anilines is 4. The van der Waals surface area contributed by atoms with Gasteiger partial charge in [0.15, 0.2) is 70.0 Å². The van der Waals surface area contributed by atoms with Gasteiger partial charge in [-0.2, -0.15) is 27.2 Å². The van der Waals surface area contributed by atoms with Crippen LogP contribution in [-0.4, -0.2) is 276 Å². The zero-order valence-electron chi connectivity index (χ0n) is 78.8. The van der Waals surface area contributed by atoms with E-state index in [1.165, 1.54) is 0 Å². The summed E-state index contributed by atoms with van der Waals surface area (Å²) in [6.45, 7) is 12.5. The van der Waals surface area contributed by atoms with Crippen molar-refractivity contribution in [3.8, 4) is 23.0 Å². The molecule has 2 saturated heterocycles. The third-order valence-electron chi connectivity index (χ3n) is 24.2. The molecule has 8 aliphatic rings. The summed E-state index contributed by atoms with van der Waals surface area (Å²) in [6, 6.07) is 14.9. The number of nitrogens with two attached hydrogens (primary N) is 2. The second kappa shape index (κ2) is 43.4. The Hall–Kier alpha value is -11.0. The molecule has 0 bridgehead atoms. The highest BCUT2D eigenvalue weighted by atomic mass is 32.2. The van der Waals surface area contributed by atoms with E-state index in [2.05, 4.69) is 100 Å². The highest BCUT2D eigenvalue weighted by Crippen LogP contribution is 2.68. The summed E-state index contributed by atoms with van der Waals surface area (Å²) in [7, 11) is -44.1. The Morgan fingerprint density at radius 3 is 1.34 bits per heavy atom. The molecule has 148 heavy (non-hydrogen) atoms. The molecule has 68 heteroatoms. The zero-order valence-corrected chi connectivity index (χ0v) is 85.8. The molecule has 12 heterocycles. The number of alkyl carbamates (subject to hydrolysis) is 2. The maximum atomic E-state index is 13.1. The first-order chi connectivity index (χ1) is 69.2.